The van der Waals surface area contributed by atoms with Crippen LogP contribution in [0.1, 0.15) is 0 Å². The molecule has 0 N–H and O–H groups in total. The third-order valence-corrected chi connectivity index (χ3v) is 3.32. The largest absolute Gasteiger partial charge is 0.489 e. The highest BCUT2D eigenvalue weighted by atomic mass is 16.5. The number of para-hydroxylation sites is 2. The van der Waals surface area contributed by atoms with E-state index >= 15 is 0 Å². The van der Waals surface area contributed by atoms with Gasteiger partial charge in [-0.15, -0.1) is 0 Å². The molecule has 0 radical (unpaired) electrons. The van der Waals surface area contributed by atoms with Gasteiger partial charge in [0.25, 0.3) is 0 Å². The summed E-state index contributed by atoms with van der Waals surface area (Å²) in [6.07, 6.45) is 1.71. The first-order valence-electron chi connectivity index (χ1n) is 6.68. The molecule has 102 valence electrons. The molecule has 0 aliphatic carbocycles. The van der Waals surface area contributed by atoms with Crippen LogP contribution in [0.25, 0.3) is 33.2 Å². The number of hydrogen-bond donors (Lipinski definition) is 0. The lowest BCUT2D eigenvalue weighted by atomic mass is 10.2. The predicted molar refractivity (Wildman–Crippen MR) is 82.5 cm³/mol. The molecule has 0 saturated heterocycles. The highest BCUT2D eigenvalue weighted by molar-refractivity contribution is 6.03. The van der Waals surface area contributed by atoms with Crippen LogP contribution in [0.5, 0.6) is 5.75 Å². The Morgan fingerprint density at radius 3 is 2.71 bits per heavy atom. The number of furan rings is 1. The van der Waals surface area contributed by atoms with Crippen molar-refractivity contribution < 1.29 is 9.15 Å². The number of ether oxygens (including phenoxy) is 1. The van der Waals surface area contributed by atoms with Gasteiger partial charge in [-0.2, -0.15) is 0 Å². The van der Waals surface area contributed by atoms with E-state index in [2.05, 4.69) is 16.5 Å². The van der Waals surface area contributed by atoms with Crippen molar-refractivity contribution in [1.82, 2.24) is 9.97 Å². The Morgan fingerprint density at radius 1 is 1.10 bits per heavy atom. The van der Waals surface area contributed by atoms with Crippen molar-refractivity contribution in [1.29, 1.82) is 0 Å². The summed E-state index contributed by atoms with van der Waals surface area (Å²) in [7, 11) is 0. The van der Waals surface area contributed by atoms with Crippen LogP contribution < -0.4 is 4.74 Å². The fraction of sp³-hybridized carbons (Fsp3) is 0.0588. The molecule has 0 atom stereocenters. The van der Waals surface area contributed by atoms with Gasteiger partial charge in [-0.3, -0.25) is 0 Å². The average Bonchev–Trinajstić information content (AvgIpc) is 2.87. The van der Waals surface area contributed by atoms with E-state index in [0.29, 0.717) is 12.3 Å². The summed E-state index contributed by atoms with van der Waals surface area (Å²) in [6, 6.07) is 13.5. The zero-order valence-corrected chi connectivity index (χ0v) is 11.2. The van der Waals surface area contributed by atoms with E-state index in [9.17, 15) is 0 Å². The van der Waals surface area contributed by atoms with E-state index in [1.807, 2.05) is 42.5 Å². The highest BCUT2D eigenvalue weighted by Gasteiger charge is 2.11. The van der Waals surface area contributed by atoms with Gasteiger partial charge in [0.1, 0.15) is 23.5 Å². The Labute approximate surface area is 120 Å². The van der Waals surface area contributed by atoms with Gasteiger partial charge in [0.05, 0.1) is 11.0 Å². The fourth-order valence-electron chi connectivity index (χ4n) is 2.36. The first-order chi connectivity index (χ1) is 10.3. The van der Waals surface area contributed by atoms with Crippen molar-refractivity contribution in [2.45, 2.75) is 0 Å². The molecular formula is C17H12N2O2. The Hall–Kier alpha value is -2.88. The van der Waals surface area contributed by atoms with Gasteiger partial charge >= 0.3 is 0 Å². The molecule has 4 aromatic rings. The monoisotopic (exact) mass is 276 g/mol. The third-order valence-electron chi connectivity index (χ3n) is 3.32. The Morgan fingerprint density at radius 2 is 1.90 bits per heavy atom. The molecule has 0 aliphatic rings. The maximum atomic E-state index is 5.80. The standard InChI is InChI=1S/C17H12N2O2/c1-2-9-20-11-7-8-12-15(10-11)21-17-16(12)18-13-5-3-4-6-14(13)19-17/h2-8,10H,1,9H2. The minimum Gasteiger partial charge on any atom is -0.489 e. The zero-order valence-electron chi connectivity index (χ0n) is 11.2. The van der Waals surface area contributed by atoms with Crippen molar-refractivity contribution in [3.63, 3.8) is 0 Å². The number of rotatable bonds is 3. The molecule has 0 saturated carbocycles. The van der Waals surface area contributed by atoms with Crippen LogP contribution in [-0.4, -0.2) is 16.6 Å². The molecule has 21 heavy (non-hydrogen) atoms. The van der Waals surface area contributed by atoms with Crippen molar-refractivity contribution in [2.75, 3.05) is 6.61 Å². The molecule has 0 spiro atoms. The van der Waals surface area contributed by atoms with Crippen LogP contribution in [0.4, 0.5) is 0 Å². The van der Waals surface area contributed by atoms with Gasteiger partial charge in [-0.05, 0) is 24.3 Å². The highest BCUT2D eigenvalue weighted by Crippen LogP contribution is 2.30. The molecule has 0 aliphatic heterocycles. The van der Waals surface area contributed by atoms with E-state index < -0.39 is 0 Å². The quantitative estimate of drug-likeness (QED) is 0.529. The van der Waals surface area contributed by atoms with Crippen molar-refractivity contribution in [3.8, 4) is 5.75 Å². The molecule has 2 aromatic carbocycles. The normalized spacial score (nSPS) is 11.2. The van der Waals surface area contributed by atoms with E-state index in [4.69, 9.17) is 9.15 Å². The molecule has 0 fully saturated rings. The third kappa shape index (κ3) is 1.92. The van der Waals surface area contributed by atoms with Crippen molar-refractivity contribution >= 4 is 33.2 Å². The molecular weight excluding hydrogens is 264 g/mol. The minimum atomic E-state index is 0.464. The van der Waals surface area contributed by atoms with E-state index in [0.717, 1.165) is 33.3 Å². The zero-order chi connectivity index (χ0) is 14.2. The van der Waals surface area contributed by atoms with Gasteiger partial charge in [-0.1, -0.05) is 24.8 Å². The number of fused-ring (bicyclic) bond motifs is 4. The maximum Gasteiger partial charge on any atom is 0.246 e. The molecule has 2 heterocycles. The Balaban J connectivity index is 1.96. The van der Waals surface area contributed by atoms with E-state index in [-0.39, 0.29) is 0 Å². The minimum absolute atomic E-state index is 0.464. The summed E-state index contributed by atoms with van der Waals surface area (Å²) in [4.78, 5) is 9.17. The molecule has 4 rings (SSSR count). The number of hydrogen-bond acceptors (Lipinski definition) is 4. The second-order valence-corrected chi connectivity index (χ2v) is 4.73. The lowest BCUT2D eigenvalue weighted by Crippen LogP contribution is -1.91. The van der Waals surface area contributed by atoms with E-state index in [1.54, 1.807) is 6.08 Å². The van der Waals surface area contributed by atoms with Gasteiger partial charge in [0.2, 0.25) is 5.71 Å². The Bertz CT molecular complexity index is 972. The predicted octanol–water partition coefficient (Wildman–Crippen LogP) is 4.09. The van der Waals surface area contributed by atoms with Crippen molar-refractivity contribution in [2.24, 2.45) is 0 Å². The maximum absolute atomic E-state index is 5.80. The second kappa shape index (κ2) is 4.59. The van der Waals surface area contributed by atoms with E-state index in [1.165, 1.54) is 0 Å². The second-order valence-electron chi connectivity index (χ2n) is 4.73. The summed E-state index contributed by atoms with van der Waals surface area (Å²) in [5.74, 6) is 0.742. The molecule has 0 bridgehead atoms. The topological polar surface area (TPSA) is 48.2 Å². The summed E-state index contributed by atoms with van der Waals surface area (Å²) >= 11 is 0. The smallest absolute Gasteiger partial charge is 0.246 e. The fourth-order valence-corrected chi connectivity index (χ4v) is 2.36. The van der Waals surface area contributed by atoms with Crippen LogP contribution in [-0.2, 0) is 0 Å². The average molecular weight is 276 g/mol. The molecule has 4 heteroatoms. The Kier molecular flexibility index (Phi) is 2.60. The van der Waals surface area contributed by atoms with Crippen LogP contribution in [0.2, 0.25) is 0 Å². The lowest BCUT2D eigenvalue weighted by molar-refractivity contribution is 0.363. The lowest BCUT2D eigenvalue weighted by Gasteiger charge is -2.01. The molecule has 0 unspecified atom stereocenters. The van der Waals surface area contributed by atoms with Crippen LogP contribution in [0, 0.1) is 0 Å². The SMILES string of the molecule is C=CCOc1ccc2c(c1)oc1nc3ccccc3nc12. The number of benzene rings is 2. The molecule has 0 amide bonds. The summed E-state index contributed by atoms with van der Waals surface area (Å²) in [5.41, 5.74) is 3.73. The van der Waals surface area contributed by atoms with Crippen molar-refractivity contribution in [3.05, 3.63) is 55.1 Å². The summed E-state index contributed by atoms with van der Waals surface area (Å²) < 4.78 is 11.3. The first-order valence-corrected chi connectivity index (χ1v) is 6.68. The van der Waals surface area contributed by atoms with Gasteiger partial charge in [0, 0.05) is 11.5 Å². The molecule has 2 aromatic heterocycles. The summed E-state index contributed by atoms with van der Waals surface area (Å²) in [6.45, 7) is 4.10. The molecule has 4 nitrogen and oxygen atoms in total. The summed E-state index contributed by atoms with van der Waals surface area (Å²) in [5, 5.41) is 0.939. The number of aromatic nitrogens is 2. The van der Waals surface area contributed by atoms with Crippen LogP contribution >= 0.6 is 0 Å². The van der Waals surface area contributed by atoms with Gasteiger partial charge in [0.15, 0.2) is 0 Å². The number of nitrogens with zero attached hydrogens (tertiary/aromatic N) is 2. The van der Waals surface area contributed by atoms with Crippen LogP contribution in [0.3, 0.4) is 0 Å². The van der Waals surface area contributed by atoms with Gasteiger partial charge < -0.3 is 9.15 Å². The van der Waals surface area contributed by atoms with Gasteiger partial charge in [-0.25, -0.2) is 9.97 Å². The van der Waals surface area contributed by atoms with Crippen LogP contribution in [0.15, 0.2) is 59.5 Å². The first kappa shape index (κ1) is 11.9.